The van der Waals surface area contributed by atoms with Gasteiger partial charge in [-0.05, 0) is 31.9 Å². The summed E-state index contributed by atoms with van der Waals surface area (Å²) in [5, 5.41) is 5.62. The van der Waals surface area contributed by atoms with Gasteiger partial charge in [-0.2, -0.15) is 0 Å². The molecule has 1 fully saturated rings. The summed E-state index contributed by atoms with van der Waals surface area (Å²) < 4.78 is 5.65. The number of hydrogen-bond acceptors (Lipinski definition) is 4. The van der Waals surface area contributed by atoms with Crippen molar-refractivity contribution in [1.29, 1.82) is 0 Å². The Hall–Kier alpha value is -1.88. The number of rotatable bonds is 5. The first-order valence-electron chi connectivity index (χ1n) is 8.26. The molecule has 1 aliphatic carbocycles. The van der Waals surface area contributed by atoms with E-state index in [0.717, 1.165) is 42.7 Å². The molecular formula is C18H22N2O2S. The molecule has 1 aliphatic rings. The monoisotopic (exact) mass is 330 g/mol. The number of benzene rings is 1. The third-order valence-electron chi connectivity index (χ3n) is 4.17. The molecule has 1 saturated carbocycles. The molecule has 1 N–H and O–H groups in total. The molecule has 0 radical (unpaired) electrons. The first-order valence-corrected chi connectivity index (χ1v) is 9.14. The number of carbonyl (C=O) groups excluding carboxylic acids is 1. The van der Waals surface area contributed by atoms with Crippen LogP contribution in [0.25, 0.3) is 11.3 Å². The molecule has 0 saturated heterocycles. The largest absolute Gasteiger partial charge is 0.493 e. The maximum atomic E-state index is 12.3. The van der Waals surface area contributed by atoms with E-state index in [9.17, 15) is 4.79 Å². The molecule has 1 aromatic carbocycles. The average Bonchev–Trinajstić information content (AvgIpc) is 3.05. The molecule has 0 atom stereocenters. The summed E-state index contributed by atoms with van der Waals surface area (Å²) in [4.78, 5) is 16.9. The topological polar surface area (TPSA) is 51.2 Å². The summed E-state index contributed by atoms with van der Waals surface area (Å²) in [6, 6.07) is 7.86. The van der Waals surface area contributed by atoms with Crippen molar-refractivity contribution < 1.29 is 9.53 Å². The number of hydrogen-bond donors (Lipinski definition) is 1. The molecule has 1 heterocycles. The molecule has 3 rings (SSSR count). The van der Waals surface area contributed by atoms with Crippen LogP contribution in [0.2, 0.25) is 0 Å². The van der Waals surface area contributed by atoms with Gasteiger partial charge in [0, 0.05) is 16.9 Å². The first-order chi connectivity index (χ1) is 11.3. The van der Waals surface area contributed by atoms with E-state index >= 15 is 0 Å². The Morgan fingerprint density at radius 1 is 1.30 bits per heavy atom. The van der Waals surface area contributed by atoms with Gasteiger partial charge in [0.2, 0.25) is 5.91 Å². The van der Waals surface area contributed by atoms with Gasteiger partial charge in [-0.3, -0.25) is 4.79 Å². The highest BCUT2D eigenvalue weighted by molar-refractivity contribution is 7.14. The van der Waals surface area contributed by atoms with Crippen molar-refractivity contribution in [3.63, 3.8) is 0 Å². The molecule has 122 valence electrons. The van der Waals surface area contributed by atoms with E-state index in [1.54, 1.807) is 0 Å². The Balaban J connectivity index is 1.72. The maximum absolute atomic E-state index is 12.3. The lowest BCUT2D eigenvalue weighted by Crippen LogP contribution is -2.24. The lowest BCUT2D eigenvalue weighted by molar-refractivity contribution is -0.120. The highest BCUT2D eigenvalue weighted by atomic mass is 32.1. The van der Waals surface area contributed by atoms with Crippen molar-refractivity contribution in [3.05, 3.63) is 29.6 Å². The van der Waals surface area contributed by atoms with Crippen LogP contribution in [0, 0.1) is 5.92 Å². The molecule has 5 heteroatoms. The Morgan fingerprint density at radius 2 is 2.09 bits per heavy atom. The van der Waals surface area contributed by atoms with Gasteiger partial charge in [0.15, 0.2) is 5.13 Å². The van der Waals surface area contributed by atoms with Crippen LogP contribution in [-0.2, 0) is 4.79 Å². The van der Waals surface area contributed by atoms with E-state index in [0.29, 0.717) is 11.7 Å². The second-order valence-corrected chi connectivity index (χ2v) is 6.65. The first kappa shape index (κ1) is 16.0. The minimum Gasteiger partial charge on any atom is -0.493 e. The second-order valence-electron chi connectivity index (χ2n) is 5.79. The number of carbonyl (C=O) groups is 1. The van der Waals surface area contributed by atoms with Crippen molar-refractivity contribution >= 4 is 22.4 Å². The number of nitrogens with one attached hydrogen (secondary N) is 1. The minimum atomic E-state index is 0.115. The summed E-state index contributed by atoms with van der Waals surface area (Å²) in [6.45, 7) is 2.58. The Bertz CT molecular complexity index is 663. The fourth-order valence-electron chi connectivity index (χ4n) is 2.99. The van der Waals surface area contributed by atoms with Crippen molar-refractivity contribution in [2.24, 2.45) is 5.92 Å². The van der Waals surface area contributed by atoms with Crippen molar-refractivity contribution in [2.45, 2.75) is 39.0 Å². The van der Waals surface area contributed by atoms with E-state index in [4.69, 9.17) is 4.74 Å². The SMILES string of the molecule is CCOc1ccccc1-c1csc(NC(=O)C2CCCCC2)n1. The number of para-hydroxylation sites is 1. The Labute approximate surface area is 140 Å². The predicted molar refractivity (Wildman–Crippen MR) is 93.9 cm³/mol. The van der Waals surface area contributed by atoms with Gasteiger partial charge in [-0.25, -0.2) is 4.98 Å². The van der Waals surface area contributed by atoms with Crippen molar-refractivity contribution in [2.75, 3.05) is 11.9 Å². The normalized spacial score (nSPS) is 15.3. The van der Waals surface area contributed by atoms with E-state index in [1.807, 2.05) is 36.6 Å². The molecule has 0 aliphatic heterocycles. The Kier molecular flexibility index (Phi) is 5.28. The highest BCUT2D eigenvalue weighted by Gasteiger charge is 2.22. The van der Waals surface area contributed by atoms with E-state index in [-0.39, 0.29) is 11.8 Å². The second kappa shape index (κ2) is 7.59. The number of anilines is 1. The minimum absolute atomic E-state index is 0.115. The zero-order chi connectivity index (χ0) is 16.1. The van der Waals surface area contributed by atoms with Crippen molar-refractivity contribution in [3.8, 4) is 17.0 Å². The fourth-order valence-corrected chi connectivity index (χ4v) is 3.70. The van der Waals surface area contributed by atoms with Crippen LogP contribution >= 0.6 is 11.3 Å². The molecule has 4 nitrogen and oxygen atoms in total. The summed E-state index contributed by atoms with van der Waals surface area (Å²) in [5.74, 6) is 1.08. The molecule has 23 heavy (non-hydrogen) atoms. The zero-order valence-electron chi connectivity index (χ0n) is 13.4. The van der Waals surface area contributed by atoms with Gasteiger partial charge < -0.3 is 10.1 Å². The summed E-state index contributed by atoms with van der Waals surface area (Å²) in [5.41, 5.74) is 1.81. The third kappa shape index (κ3) is 3.91. The smallest absolute Gasteiger partial charge is 0.229 e. The number of nitrogens with zero attached hydrogens (tertiary/aromatic N) is 1. The molecule has 2 aromatic rings. The standard InChI is InChI=1S/C18H22N2O2S/c1-2-22-16-11-7-6-10-14(16)15-12-23-18(19-15)20-17(21)13-8-4-3-5-9-13/h6-7,10-13H,2-5,8-9H2,1H3,(H,19,20,21). The fraction of sp³-hybridized carbons (Fsp3) is 0.444. The Morgan fingerprint density at radius 3 is 2.87 bits per heavy atom. The average molecular weight is 330 g/mol. The van der Waals surface area contributed by atoms with Gasteiger partial charge in [0.1, 0.15) is 5.75 Å². The van der Waals surface area contributed by atoms with Crippen LogP contribution in [-0.4, -0.2) is 17.5 Å². The summed E-state index contributed by atoms with van der Waals surface area (Å²) in [7, 11) is 0. The molecule has 1 amide bonds. The number of amides is 1. The van der Waals surface area contributed by atoms with Gasteiger partial charge in [0.25, 0.3) is 0 Å². The number of aromatic nitrogens is 1. The van der Waals surface area contributed by atoms with E-state index in [2.05, 4.69) is 10.3 Å². The zero-order valence-corrected chi connectivity index (χ0v) is 14.2. The molecule has 0 spiro atoms. The third-order valence-corrected chi connectivity index (χ3v) is 4.93. The highest BCUT2D eigenvalue weighted by Crippen LogP contribution is 2.32. The number of thiazole rings is 1. The maximum Gasteiger partial charge on any atom is 0.229 e. The van der Waals surface area contributed by atoms with E-state index in [1.165, 1.54) is 17.8 Å². The molecule has 1 aromatic heterocycles. The van der Waals surface area contributed by atoms with Gasteiger partial charge in [-0.1, -0.05) is 31.4 Å². The lowest BCUT2D eigenvalue weighted by Gasteiger charge is -2.19. The quantitative estimate of drug-likeness (QED) is 0.862. The van der Waals surface area contributed by atoms with Gasteiger partial charge >= 0.3 is 0 Å². The number of ether oxygens (including phenoxy) is 1. The van der Waals surface area contributed by atoms with Crippen LogP contribution in [0.5, 0.6) is 5.75 Å². The summed E-state index contributed by atoms with van der Waals surface area (Å²) >= 11 is 1.46. The molecule has 0 unspecified atom stereocenters. The lowest BCUT2D eigenvalue weighted by atomic mass is 9.89. The van der Waals surface area contributed by atoms with Gasteiger partial charge in [0.05, 0.1) is 12.3 Å². The van der Waals surface area contributed by atoms with Crippen LogP contribution in [0.4, 0.5) is 5.13 Å². The molecular weight excluding hydrogens is 308 g/mol. The molecule has 0 bridgehead atoms. The van der Waals surface area contributed by atoms with Crippen LogP contribution in [0.1, 0.15) is 39.0 Å². The van der Waals surface area contributed by atoms with Gasteiger partial charge in [-0.15, -0.1) is 11.3 Å². The van der Waals surface area contributed by atoms with Crippen LogP contribution in [0.3, 0.4) is 0 Å². The van der Waals surface area contributed by atoms with Crippen molar-refractivity contribution in [1.82, 2.24) is 4.98 Å². The van der Waals surface area contributed by atoms with Crippen LogP contribution < -0.4 is 10.1 Å². The van der Waals surface area contributed by atoms with E-state index < -0.39 is 0 Å². The summed E-state index contributed by atoms with van der Waals surface area (Å²) in [6.07, 6.45) is 5.56. The predicted octanol–water partition coefficient (Wildman–Crippen LogP) is 4.73. The van der Waals surface area contributed by atoms with Crippen LogP contribution in [0.15, 0.2) is 29.6 Å².